The Bertz CT molecular complexity index is 290. The fourth-order valence-electron chi connectivity index (χ4n) is 2.09. The van der Waals surface area contributed by atoms with Crippen LogP contribution < -0.4 is 5.32 Å². The van der Waals surface area contributed by atoms with Gasteiger partial charge in [0.25, 0.3) is 0 Å². The lowest BCUT2D eigenvalue weighted by atomic mass is 10.1. The van der Waals surface area contributed by atoms with Crippen molar-refractivity contribution in [2.75, 3.05) is 32.8 Å². The van der Waals surface area contributed by atoms with Crippen LogP contribution in [0.4, 0.5) is 0 Å². The number of carbonyl (C=O) groups is 2. The fraction of sp³-hybridized carbons (Fsp3) is 0.846. The topological polar surface area (TPSA) is 78.9 Å². The van der Waals surface area contributed by atoms with Gasteiger partial charge in [0, 0.05) is 19.6 Å². The molecule has 1 rings (SSSR count). The first kappa shape index (κ1) is 15.9. The second-order valence-electron chi connectivity index (χ2n) is 4.74. The predicted molar refractivity (Wildman–Crippen MR) is 70.6 cm³/mol. The maximum Gasteiger partial charge on any atom is 0.308 e. The van der Waals surface area contributed by atoms with E-state index in [1.54, 1.807) is 6.92 Å². The number of carbonyl (C=O) groups excluding carboxylic acids is 2. The average molecular weight is 272 g/mol. The van der Waals surface area contributed by atoms with Crippen LogP contribution in [0.2, 0.25) is 0 Å². The van der Waals surface area contributed by atoms with Gasteiger partial charge in [-0.2, -0.15) is 0 Å². The zero-order chi connectivity index (χ0) is 14.1. The lowest BCUT2D eigenvalue weighted by Crippen LogP contribution is -2.42. The quantitative estimate of drug-likeness (QED) is 0.633. The van der Waals surface area contributed by atoms with Gasteiger partial charge in [-0.3, -0.25) is 9.59 Å². The molecule has 0 radical (unpaired) electrons. The number of ether oxygens (including phenoxy) is 1. The van der Waals surface area contributed by atoms with Crippen LogP contribution in [0.25, 0.3) is 0 Å². The highest BCUT2D eigenvalue weighted by Crippen LogP contribution is 2.08. The summed E-state index contributed by atoms with van der Waals surface area (Å²) < 4.78 is 4.73. The lowest BCUT2D eigenvalue weighted by Gasteiger charge is -2.27. The van der Waals surface area contributed by atoms with Gasteiger partial charge in [-0.05, 0) is 26.2 Å². The molecule has 19 heavy (non-hydrogen) atoms. The Morgan fingerprint density at radius 3 is 2.63 bits per heavy atom. The van der Waals surface area contributed by atoms with Crippen LogP contribution in [-0.2, 0) is 14.3 Å². The van der Waals surface area contributed by atoms with E-state index in [2.05, 4.69) is 5.32 Å². The molecule has 1 atom stereocenters. The molecule has 1 fully saturated rings. The molecule has 1 aliphatic rings. The number of nitrogens with zero attached hydrogens (tertiary/aromatic N) is 1. The van der Waals surface area contributed by atoms with E-state index in [9.17, 15) is 14.7 Å². The number of hydrogen-bond donors (Lipinski definition) is 2. The Morgan fingerprint density at radius 1 is 1.32 bits per heavy atom. The highest BCUT2D eigenvalue weighted by atomic mass is 16.5. The summed E-state index contributed by atoms with van der Waals surface area (Å²) in [7, 11) is 0. The third-order valence-electron chi connectivity index (χ3n) is 3.07. The van der Waals surface area contributed by atoms with E-state index < -0.39 is 12.1 Å². The Labute approximate surface area is 114 Å². The molecule has 0 bridgehead atoms. The van der Waals surface area contributed by atoms with Gasteiger partial charge in [-0.1, -0.05) is 0 Å². The highest BCUT2D eigenvalue weighted by molar-refractivity contribution is 5.78. The van der Waals surface area contributed by atoms with Gasteiger partial charge >= 0.3 is 5.97 Å². The van der Waals surface area contributed by atoms with Crippen LogP contribution in [-0.4, -0.2) is 60.8 Å². The maximum atomic E-state index is 11.8. The Balaban J connectivity index is 2.11. The molecule has 1 saturated heterocycles. The van der Waals surface area contributed by atoms with Crippen LogP contribution in [0.1, 0.15) is 32.6 Å². The average Bonchev–Trinajstić information content (AvgIpc) is 2.39. The summed E-state index contributed by atoms with van der Waals surface area (Å²) in [5.74, 6) is -0.359. The van der Waals surface area contributed by atoms with Crippen molar-refractivity contribution in [2.45, 2.75) is 38.7 Å². The van der Waals surface area contributed by atoms with E-state index in [4.69, 9.17) is 4.74 Å². The SMILES string of the molecule is CCOC(=O)CC(O)CNCC(=O)N1CCCCC1. The number of likely N-dealkylation sites (tertiary alicyclic amines) is 1. The Hall–Kier alpha value is -1.14. The van der Waals surface area contributed by atoms with Crippen molar-refractivity contribution >= 4 is 11.9 Å². The minimum absolute atomic E-state index is 0.0429. The lowest BCUT2D eigenvalue weighted by molar-refractivity contribution is -0.145. The number of aliphatic hydroxyl groups excluding tert-OH is 1. The molecule has 2 N–H and O–H groups in total. The Kier molecular flexibility index (Phi) is 7.43. The number of hydrogen-bond acceptors (Lipinski definition) is 5. The number of rotatable bonds is 7. The zero-order valence-corrected chi connectivity index (χ0v) is 11.6. The molecule has 1 unspecified atom stereocenters. The smallest absolute Gasteiger partial charge is 0.308 e. The largest absolute Gasteiger partial charge is 0.466 e. The van der Waals surface area contributed by atoms with Crippen molar-refractivity contribution in [1.29, 1.82) is 0 Å². The third-order valence-corrected chi connectivity index (χ3v) is 3.07. The molecule has 0 aromatic rings. The molecule has 1 heterocycles. The first-order valence-electron chi connectivity index (χ1n) is 6.95. The minimum Gasteiger partial charge on any atom is -0.466 e. The van der Waals surface area contributed by atoms with E-state index in [1.165, 1.54) is 6.42 Å². The number of amides is 1. The summed E-state index contributed by atoms with van der Waals surface area (Å²) in [5, 5.41) is 12.5. The van der Waals surface area contributed by atoms with E-state index in [1.807, 2.05) is 4.90 Å². The van der Waals surface area contributed by atoms with Gasteiger partial charge in [-0.25, -0.2) is 0 Å². The number of esters is 1. The second-order valence-corrected chi connectivity index (χ2v) is 4.74. The molecule has 0 aliphatic carbocycles. The molecule has 1 aliphatic heterocycles. The van der Waals surface area contributed by atoms with Crippen molar-refractivity contribution < 1.29 is 19.4 Å². The zero-order valence-electron chi connectivity index (χ0n) is 11.6. The summed E-state index contributed by atoms with van der Waals surface area (Å²) in [6, 6.07) is 0. The first-order chi connectivity index (χ1) is 9.13. The van der Waals surface area contributed by atoms with Crippen LogP contribution in [0.15, 0.2) is 0 Å². The fourth-order valence-corrected chi connectivity index (χ4v) is 2.09. The summed E-state index contributed by atoms with van der Waals surface area (Å²) in [6.07, 6.45) is 2.47. The van der Waals surface area contributed by atoms with Gasteiger partial charge < -0.3 is 20.1 Å². The van der Waals surface area contributed by atoms with Crippen molar-refractivity contribution in [2.24, 2.45) is 0 Å². The Morgan fingerprint density at radius 2 is 2.00 bits per heavy atom. The predicted octanol–water partition coefficient (Wildman–Crippen LogP) is -0.0974. The molecule has 0 aromatic carbocycles. The van der Waals surface area contributed by atoms with Gasteiger partial charge in [0.1, 0.15) is 0 Å². The highest BCUT2D eigenvalue weighted by Gasteiger charge is 2.17. The van der Waals surface area contributed by atoms with Gasteiger partial charge in [0.05, 0.1) is 25.7 Å². The number of aliphatic hydroxyl groups is 1. The van der Waals surface area contributed by atoms with Crippen molar-refractivity contribution in [3.8, 4) is 0 Å². The molecule has 0 saturated carbocycles. The summed E-state index contributed by atoms with van der Waals surface area (Å²) >= 11 is 0. The van der Waals surface area contributed by atoms with Gasteiger partial charge in [-0.15, -0.1) is 0 Å². The van der Waals surface area contributed by atoms with Gasteiger partial charge in [0.15, 0.2) is 0 Å². The van der Waals surface area contributed by atoms with Crippen molar-refractivity contribution in [3.05, 3.63) is 0 Å². The van der Waals surface area contributed by atoms with Crippen LogP contribution >= 0.6 is 0 Å². The normalized spacial score (nSPS) is 17.1. The maximum absolute atomic E-state index is 11.8. The molecule has 0 aromatic heterocycles. The van der Waals surface area contributed by atoms with Gasteiger partial charge in [0.2, 0.25) is 5.91 Å². The van der Waals surface area contributed by atoms with Crippen LogP contribution in [0.3, 0.4) is 0 Å². The monoisotopic (exact) mass is 272 g/mol. The molecular weight excluding hydrogens is 248 g/mol. The second kappa shape index (κ2) is 8.87. The number of nitrogens with one attached hydrogen (secondary N) is 1. The third kappa shape index (κ3) is 6.54. The van der Waals surface area contributed by atoms with E-state index in [-0.39, 0.29) is 25.4 Å². The summed E-state index contributed by atoms with van der Waals surface area (Å²) in [4.78, 5) is 24.7. The first-order valence-corrected chi connectivity index (χ1v) is 6.95. The molecule has 1 amide bonds. The summed E-state index contributed by atoms with van der Waals surface area (Å²) in [6.45, 7) is 4.11. The minimum atomic E-state index is -0.812. The molecule has 6 nitrogen and oxygen atoms in total. The number of piperidine rings is 1. The molecular formula is C13H24N2O4. The van der Waals surface area contributed by atoms with Crippen molar-refractivity contribution in [3.63, 3.8) is 0 Å². The van der Waals surface area contributed by atoms with E-state index in [0.717, 1.165) is 25.9 Å². The molecule has 0 spiro atoms. The molecule has 110 valence electrons. The standard InChI is InChI=1S/C13H24N2O4/c1-2-19-13(18)8-11(16)9-14-10-12(17)15-6-4-3-5-7-15/h11,14,16H,2-10H2,1H3. The van der Waals surface area contributed by atoms with E-state index >= 15 is 0 Å². The summed E-state index contributed by atoms with van der Waals surface area (Å²) in [5.41, 5.74) is 0. The van der Waals surface area contributed by atoms with Crippen LogP contribution in [0.5, 0.6) is 0 Å². The van der Waals surface area contributed by atoms with E-state index in [0.29, 0.717) is 6.61 Å². The van der Waals surface area contributed by atoms with Crippen LogP contribution in [0, 0.1) is 0 Å². The van der Waals surface area contributed by atoms with Crippen molar-refractivity contribution in [1.82, 2.24) is 10.2 Å². The molecule has 6 heteroatoms.